The van der Waals surface area contributed by atoms with Gasteiger partial charge in [0.25, 0.3) is 5.56 Å². The third-order valence-electron chi connectivity index (χ3n) is 3.86. The number of hydrogen-bond donors (Lipinski definition) is 1. The predicted molar refractivity (Wildman–Crippen MR) is 99.0 cm³/mol. The number of rotatable bonds is 4. The number of likely N-dealkylation sites (N-methyl/N-ethyl adjacent to an activating group) is 1. The molecule has 0 bridgehead atoms. The van der Waals surface area contributed by atoms with Gasteiger partial charge in [0, 0.05) is 13.1 Å². The summed E-state index contributed by atoms with van der Waals surface area (Å²) >= 11 is 0. The summed E-state index contributed by atoms with van der Waals surface area (Å²) in [5.41, 5.74) is 1.67. The summed E-state index contributed by atoms with van der Waals surface area (Å²) in [4.78, 5) is 32.9. The second-order valence-corrected chi connectivity index (χ2v) is 5.79. The number of hydrogen-bond acceptors (Lipinski definition) is 4. The van der Waals surface area contributed by atoms with Crippen LogP contribution in [0.5, 0.6) is 0 Å². The maximum atomic E-state index is 12.3. The second-order valence-electron chi connectivity index (χ2n) is 5.79. The molecule has 3 aromatic rings. The zero-order valence-corrected chi connectivity index (χ0v) is 14.1. The Labute approximate surface area is 150 Å². The molecule has 0 spiro atoms. The van der Waals surface area contributed by atoms with Gasteiger partial charge in [0.15, 0.2) is 0 Å². The number of nitrogens with one attached hydrogen (secondary N) is 1. The molecule has 0 unspecified atom stereocenters. The number of carbonyl (C=O) groups excluding carboxylic acids is 1. The quantitative estimate of drug-likeness (QED) is 0.736. The summed E-state index contributed by atoms with van der Waals surface area (Å²) in [7, 11) is 1.63. The summed E-state index contributed by atoms with van der Waals surface area (Å²) in [6.07, 6.45) is 3.08. The number of aromatic amines is 1. The second kappa shape index (κ2) is 7.45. The Kier molecular flexibility index (Phi) is 4.90. The van der Waals surface area contributed by atoms with Crippen molar-refractivity contribution in [2.75, 3.05) is 7.05 Å². The molecule has 0 radical (unpaired) electrons. The maximum absolute atomic E-state index is 12.3. The van der Waals surface area contributed by atoms with E-state index in [9.17, 15) is 9.59 Å². The van der Waals surface area contributed by atoms with Crippen LogP contribution in [0.25, 0.3) is 17.0 Å². The monoisotopic (exact) mass is 344 g/mol. The van der Waals surface area contributed by atoms with Crippen LogP contribution in [0.2, 0.25) is 0 Å². The number of nitriles is 1. The summed E-state index contributed by atoms with van der Waals surface area (Å²) < 4.78 is 0. The van der Waals surface area contributed by atoms with E-state index in [-0.39, 0.29) is 18.0 Å². The van der Waals surface area contributed by atoms with Crippen LogP contribution in [0.3, 0.4) is 0 Å². The molecule has 1 aromatic heterocycles. The van der Waals surface area contributed by atoms with Gasteiger partial charge in [0.05, 0.1) is 29.1 Å². The van der Waals surface area contributed by atoms with Gasteiger partial charge in [-0.05, 0) is 35.9 Å². The number of nitrogens with zero attached hydrogens (tertiary/aromatic N) is 3. The zero-order chi connectivity index (χ0) is 18.5. The lowest BCUT2D eigenvalue weighted by Crippen LogP contribution is -2.26. The first kappa shape index (κ1) is 17.1. The van der Waals surface area contributed by atoms with E-state index >= 15 is 0 Å². The van der Waals surface area contributed by atoms with E-state index in [0.717, 1.165) is 5.56 Å². The van der Waals surface area contributed by atoms with Gasteiger partial charge in [-0.25, -0.2) is 4.98 Å². The molecule has 0 aliphatic carbocycles. The minimum Gasteiger partial charge on any atom is -0.335 e. The largest absolute Gasteiger partial charge is 0.335 e. The zero-order valence-electron chi connectivity index (χ0n) is 14.1. The van der Waals surface area contributed by atoms with Crippen molar-refractivity contribution in [3.8, 4) is 6.07 Å². The molecule has 3 rings (SSSR count). The van der Waals surface area contributed by atoms with E-state index < -0.39 is 0 Å². The first-order valence-electron chi connectivity index (χ1n) is 7.98. The summed E-state index contributed by atoms with van der Waals surface area (Å²) in [6.45, 7) is 0.182. The standard InChI is InChI=1S/C20H16N4O2/c1-24(19(25)10-9-14-5-4-6-15(11-14)12-21)13-18-22-17-8-3-2-7-16(17)20(26)23-18/h2-11H,13H2,1H3,(H,22,23,26)/b10-9+. The highest BCUT2D eigenvalue weighted by molar-refractivity contribution is 5.91. The minimum absolute atomic E-state index is 0.182. The first-order valence-corrected chi connectivity index (χ1v) is 7.98. The molecule has 0 saturated carbocycles. The Morgan fingerprint density at radius 1 is 1.27 bits per heavy atom. The van der Waals surface area contributed by atoms with Crippen LogP contribution >= 0.6 is 0 Å². The lowest BCUT2D eigenvalue weighted by atomic mass is 10.1. The molecule has 26 heavy (non-hydrogen) atoms. The molecule has 0 atom stereocenters. The van der Waals surface area contributed by atoms with E-state index in [0.29, 0.717) is 22.3 Å². The topological polar surface area (TPSA) is 89.8 Å². The summed E-state index contributed by atoms with van der Waals surface area (Å²) in [5, 5.41) is 9.42. The van der Waals surface area contributed by atoms with Gasteiger partial charge >= 0.3 is 0 Å². The van der Waals surface area contributed by atoms with Crippen molar-refractivity contribution in [2.24, 2.45) is 0 Å². The van der Waals surface area contributed by atoms with Crippen molar-refractivity contribution < 1.29 is 4.79 Å². The number of fused-ring (bicyclic) bond motifs is 1. The lowest BCUT2D eigenvalue weighted by Gasteiger charge is -2.14. The van der Waals surface area contributed by atoms with Crippen LogP contribution in [0, 0.1) is 11.3 Å². The van der Waals surface area contributed by atoms with Crippen molar-refractivity contribution in [3.05, 3.63) is 81.9 Å². The molecule has 6 nitrogen and oxygen atoms in total. The van der Waals surface area contributed by atoms with Gasteiger partial charge in [-0.15, -0.1) is 0 Å². The molecule has 0 aliphatic rings. The van der Waals surface area contributed by atoms with Crippen LogP contribution in [0.15, 0.2) is 59.4 Å². The number of amides is 1. The van der Waals surface area contributed by atoms with Gasteiger partial charge < -0.3 is 9.88 Å². The van der Waals surface area contributed by atoms with Crippen molar-refractivity contribution in [1.82, 2.24) is 14.9 Å². The third kappa shape index (κ3) is 3.84. The summed E-state index contributed by atoms with van der Waals surface area (Å²) in [5.74, 6) is 0.188. The highest BCUT2D eigenvalue weighted by Crippen LogP contribution is 2.08. The Morgan fingerprint density at radius 3 is 2.88 bits per heavy atom. The van der Waals surface area contributed by atoms with Crippen LogP contribution in [0.4, 0.5) is 0 Å². The average molecular weight is 344 g/mol. The van der Waals surface area contributed by atoms with Crippen molar-refractivity contribution in [3.63, 3.8) is 0 Å². The fourth-order valence-corrected chi connectivity index (χ4v) is 2.52. The van der Waals surface area contributed by atoms with Crippen molar-refractivity contribution in [1.29, 1.82) is 5.26 Å². The minimum atomic E-state index is -0.233. The van der Waals surface area contributed by atoms with E-state index in [1.165, 1.54) is 11.0 Å². The maximum Gasteiger partial charge on any atom is 0.258 e. The van der Waals surface area contributed by atoms with Crippen molar-refractivity contribution >= 4 is 22.9 Å². The number of aromatic nitrogens is 2. The molecule has 0 saturated heterocycles. The Morgan fingerprint density at radius 2 is 2.08 bits per heavy atom. The van der Waals surface area contributed by atoms with Crippen LogP contribution in [0.1, 0.15) is 17.0 Å². The third-order valence-corrected chi connectivity index (χ3v) is 3.86. The number of para-hydroxylation sites is 1. The van der Waals surface area contributed by atoms with Crippen LogP contribution in [-0.4, -0.2) is 27.8 Å². The number of benzene rings is 2. The first-order chi connectivity index (χ1) is 12.6. The molecule has 0 fully saturated rings. The molecule has 1 heterocycles. The Hall–Kier alpha value is -3.72. The molecule has 6 heteroatoms. The van der Waals surface area contributed by atoms with Gasteiger partial charge in [0.2, 0.25) is 5.91 Å². The lowest BCUT2D eigenvalue weighted by molar-refractivity contribution is -0.125. The molecular formula is C20H16N4O2. The predicted octanol–water partition coefficient (Wildman–Crippen LogP) is 2.47. The average Bonchev–Trinajstić information content (AvgIpc) is 2.66. The van der Waals surface area contributed by atoms with Gasteiger partial charge in [-0.2, -0.15) is 5.26 Å². The smallest absolute Gasteiger partial charge is 0.258 e. The van der Waals surface area contributed by atoms with Gasteiger partial charge in [0.1, 0.15) is 5.82 Å². The fraction of sp³-hybridized carbons (Fsp3) is 0.100. The van der Waals surface area contributed by atoms with Crippen molar-refractivity contribution in [2.45, 2.75) is 6.54 Å². The molecular weight excluding hydrogens is 328 g/mol. The van der Waals surface area contributed by atoms with Gasteiger partial charge in [-0.1, -0.05) is 24.3 Å². The van der Waals surface area contributed by atoms with E-state index in [2.05, 4.69) is 16.0 Å². The molecule has 2 aromatic carbocycles. The molecule has 128 valence electrons. The molecule has 1 N–H and O–H groups in total. The van der Waals surface area contributed by atoms with E-state index in [1.54, 1.807) is 49.5 Å². The number of carbonyl (C=O) groups is 1. The Bertz CT molecular complexity index is 1090. The number of H-pyrrole nitrogens is 1. The van der Waals surface area contributed by atoms with E-state index in [4.69, 9.17) is 5.26 Å². The van der Waals surface area contributed by atoms with Crippen LogP contribution in [-0.2, 0) is 11.3 Å². The highest BCUT2D eigenvalue weighted by Gasteiger charge is 2.09. The SMILES string of the molecule is CN(Cc1nc2ccccc2c(=O)[nH]1)C(=O)/C=C/c1cccc(C#N)c1. The fourth-order valence-electron chi connectivity index (χ4n) is 2.52. The normalized spacial score (nSPS) is 10.8. The Balaban J connectivity index is 1.74. The molecule has 0 aliphatic heterocycles. The summed E-state index contributed by atoms with van der Waals surface area (Å²) in [6, 6.07) is 16.1. The van der Waals surface area contributed by atoms with E-state index in [1.807, 2.05) is 12.1 Å². The highest BCUT2D eigenvalue weighted by atomic mass is 16.2. The van der Waals surface area contributed by atoms with Crippen LogP contribution < -0.4 is 5.56 Å². The van der Waals surface area contributed by atoms with Gasteiger partial charge in [-0.3, -0.25) is 9.59 Å². The molecule has 1 amide bonds.